The van der Waals surface area contributed by atoms with Crippen molar-refractivity contribution in [3.8, 4) is 0 Å². The predicted molar refractivity (Wildman–Crippen MR) is 68.7 cm³/mol. The van der Waals surface area contributed by atoms with Gasteiger partial charge in [-0.05, 0) is 6.92 Å². The molecule has 0 heterocycles. The van der Waals surface area contributed by atoms with Gasteiger partial charge < -0.3 is 9.80 Å². The molecule has 0 radical (unpaired) electrons. The molecule has 0 amide bonds. The van der Waals surface area contributed by atoms with Crippen molar-refractivity contribution in [2.24, 2.45) is 5.41 Å². The van der Waals surface area contributed by atoms with Crippen LogP contribution in [0.3, 0.4) is 0 Å². The first-order valence-electron chi connectivity index (χ1n) is 5.43. The molecule has 0 bridgehead atoms. The van der Waals surface area contributed by atoms with Crippen molar-refractivity contribution in [3.05, 3.63) is 24.6 Å². The van der Waals surface area contributed by atoms with Gasteiger partial charge in [0.05, 0.1) is 0 Å². The molecule has 0 aromatic carbocycles. The summed E-state index contributed by atoms with van der Waals surface area (Å²) >= 11 is 0. The van der Waals surface area contributed by atoms with Crippen molar-refractivity contribution in [1.82, 2.24) is 9.80 Å². The number of nitrogens with zero attached hydrogens (tertiary/aromatic N) is 2. The van der Waals surface area contributed by atoms with Crippen molar-refractivity contribution in [2.75, 3.05) is 27.2 Å². The van der Waals surface area contributed by atoms with Gasteiger partial charge in [-0.1, -0.05) is 33.9 Å². The van der Waals surface area contributed by atoms with Crippen LogP contribution in [0.2, 0.25) is 0 Å². The third-order valence-electron chi connectivity index (χ3n) is 2.75. The molecule has 2 heteroatoms. The molecule has 0 saturated carbocycles. The number of hydrogen-bond acceptors (Lipinski definition) is 2. The van der Waals surface area contributed by atoms with Crippen LogP contribution in [-0.4, -0.2) is 37.0 Å². The molecule has 0 aromatic rings. The lowest BCUT2D eigenvalue weighted by Gasteiger charge is -2.33. The summed E-state index contributed by atoms with van der Waals surface area (Å²) in [6.45, 7) is 18.6. The van der Waals surface area contributed by atoms with E-state index in [1.54, 1.807) is 0 Å². The molecule has 88 valence electrons. The minimum absolute atomic E-state index is 0.149. The lowest BCUT2D eigenvalue weighted by Crippen LogP contribution is -2.32. The van der Waals surface area contributed by atoms with Crippen LogP contribution >= 0.6 is 0 Å². The van der Waals surface area contributed by atoms with Crippen LogP contribution in [0.15, 0.2) is 24.6 Å². The molecule has 15 heavy (non-hydrogen) atoms. The van der Waals surface area contributed by atoms with Crippen molar-refractivity contribution < 1.29 is 0 Å². The SMILES string of the molecule is C=C(C)N(C)CCN(C)C(=C)C(C)(C)C. The van der Waals surface area contributed by atoms with Gasteiger partial charge in [-0.3, -0.25) is 0 Å². The Hall–Kier alpha value is -0.920. The largest absolute Gasteiger partial charge is 0.377 e. The fraction of sp³-hybridized carbons (Fsp3) is 0.692. The predicted octanol–water partition coefficient (Wildman–Crippen LogP) is 2.94. The maximum absolute atomic E-state index is 4.13. The molecule has 0 fully saturated rings. The molecule has 2 nitrogen and oxygen atoms in total. The first-order chi connectivity index (χ1) is 6.66. The average Bonchev–Trinajstić information content (AvgIpc) is 2.10. The average molecular weight is 210 g/mol. The van der Waals surface area contributed by atoms with Crippen molar-refractivity contribution in [3.63, 3.8) is 0 Å². The molecule has 0 rings (SSSR count). The Bertz CT molecular complexity index is 235. The lowest BCUT2D eigenvalue weighted by atomic mass is 9.92. The highest BCUT2D eigenvalue weighted by Crippen LogP contribution is 2.25. The van der Waals surface area contributed by atoms with Gasteiger partial charge >= 0.3 is 0 Å². The summed E-state index contributed by atoms with van der Waals surface area (Å²) < 4.78 is 0. The second-order valence-electron chi connectivity index (χ2n) is 5.28. The highest BCUT2D eigenvalue weighted by Gasteiger charge is 2.18. The van der Waals surface area contributed by atoms with Crippen molar-refractivity contribution in [1.29, 1.82) is 0 Å². The van der Waals surface area contributed by atoms with Gasteiger partial charge in [0.2, 0.25) is 0 Å². The lowest BCUT2D eigenvalue weighted by molar-refractivity contribution is 0.280. The zero-order valence-electron chi connectivity index (χ0n) is 11.2. The van der Waals surface area contributed by atoms with Gasteiger partial charge in [-0.2, -0.15) is 0 Å². The summed E-state index contributed by atoms with van der Waals surface area (Å²) in [5.74, 6) is 0. The molecular weight excluding hydrogens is 184 g/mol. The zero-order valence-corrected chi connectivity index (χ0v) is 11.2. The summed E-state index contributed by atoms with van der Waals surface area (Å²) in [6, 6.07) is 0. The van der Waals surface area contributed by atoms with E-state index in [1.165, 1.54) is 5.70 Å². The van der Waals surface area contributed by atoms with Gasteiger partial charge in [0.15, 0.2) is 0 Å². The van der Waals surface area contributed by atoms with E-state index in [0.29, 0.717) is 0 Å². The second kappa shape index (κ2) is 5.24. The summed E-state index contributed by atoms with van der Waals surface area (Å²) in [7, 11) is 4.16. The Labute approximate surface area is 95.3 Å². The van der Waals surface area contributed by atoms with Gasteiger partial charge in [0.1, 0.15) is 0 Å². The standard InChI is InChI=1S/C13H26N2/c1-11(2)14(7)9-10-15(8)12(3)13(4,5)6/h1,3,9-10H2,2,4-8H3. The minimum atomic E-state index is 0.149. The van der Waals surface area contributed by atoms with E-state index in [-0.39, 0.29) is 5.41 Å². The Morgan fingerprint density at radius 1 is 1.00 bits per heavy atom. The molecule has 0 aliphatic heterocycles. The van der Waals surface area contributed by atoms with Crippen LogP contribution in [-0.2, 0) is 0 Å². The van der Waals surface area contributed by atoms with Crippen LogP contribution in [0.4, 0.5) is 0 Å². The summed E-state index contributed by atoms with van der Waals surface area (Å²) in [5, 5.41) is 0. The summed E-state index contributed by atoms with van der Waals surface area (Å²) in [5.41, 5.74) is 2.43. The summed E-state index contributed by atoms with van der Waals surface area (Å²) in [6.07, 6.45) is 0. The Morgan fingerprint density at radius 2 is 1.40 bits per heavy atom. The van der Waals surface area contributed by atoms with Gasteiger partial charge in [-0.15, -0.1) is 0 Å². The van der Waals surface area contributed by atoms with E-state index in [1.807, 2.05) is 6.92 Å². The van der Waals surface area contributed by atoms with Crippen molar-refractivity contribution >= 4 is 0 Å². The molecule has 0 saturated heterocycles. The molecule has 0 aromatic heterocycles. The smallest absolute Gasteiger partial charge is 0.0347 e. The maximum Gasteiger partial charge on any atom is 0.0347 e. The van der Waals surface area contributed by atoms with E-state index in [0.717, 1.165) is 18.8 Å². The number of likely N-dealkylation sites (N-methyl/N-ethyl adjacent to an activating group) is 2. The highest BCUT2D eigenvalue weighted by atomic mass is 15.2. The van der Waals surface area contributed by atoms with Crippen LogP contribution in [0.5, 0.6) is 0 Å². The van der Waals surface area contributed by atoms with Crippen molar-refractivity contribution in [2.45, 2.75) is 27.7 Å². The monoisotopic (exact) mass is 210 g/mol. The van der Waals surface area contributed by atoms with Gasteiger partial charge in [-0.25, -0.2) is 0 Å². The van der Waals surface area contributed by atoms with Gasteiger partial charge in [0, 0.05) is 44.0 Å². The van der Waals surface area contributed by atoms with E-state index in [4.69, 9.17) is 0 Å². The Kier molecular flexibility index (Phi) is 4.92. The van der Waals surface area contributed by atoms with E-state index < -0.39 is 0 Å². The first-order valence-corrected chi connectivity index (χ1v) is 5.43. The number of allylic oxidation sites excluding steroid dienone is 2. The fourth-order valence-corrected chi connectivity index (χ4v) is 1.20. The molecular formula is C13H26N2. The van der Waals surface area contributed by atoms with E-state index >= 15 is 0 Å². The minimum Gasteiger partial charge on any atom is -0.377 e. The normalized spacial score (nSPS) is 11.1. The second-order valence-corrected chi connectivity index (χ2v) is 5.28. The molecule has 0 aliphatic rings. The molecule has 0 spiro atoms. The van der Waals surface area contributed by atoms with Crippen LogP contribution < -0.4 is 0 Å². The maximum atomic E-state index is 4.13. The van der Waals surface area contributed by atoms with Crippen LogP contribution in [0.25, 0.3) is 0 Å². The highest BCUT2D eigenvalue weighted by molar-refractivity contribution is 5.03. The first kappa shape index (κ1) is 14.1. The zero-order chi connectivity index (χ0) is 12.2. The van der Waals surface area contributed by atoms with E-state index in [9.17, 15) is 0 Å². The topological polar surface area (TPSA) is 6.48 Å². The molecule has 0 N–H and O–H groups in total. The third-order valence-corrected chi connectivity index (χ3v) is 2.75. The Morgan fingerprint density at radius 3 is 1.73 bits per heavy atom. The van der Waals surface area contributed by atoms with Crippen LogP contribution in [0.1, 0.15) is 27.7 Å². The molecule has 0 aliphatic carbocycles. The summed E-state index contributed by atoms with van der Waals surface area (Å²) in [4.78, 5) is 4.38. The van der Waals surface area contributed by atoms with Gasteiger partial charge in [0.25, 0.3) is 0 Å². The quantitative estimate of drug-likeness (QED) is 0.688. The third kappa shape index (κ3) is 4.91. The van der Waals surface area contributed by atoms with E-state index in [2.05, 4.69) is 57.8 Å². The molecule has 0 unspecified atom stereocenters. The van der Waals surface area contributed by atoms with Crippen LogP contribution in [0, 0.1) is 5.41 Å². The fourth-order valence-electron chi connectivity index (χ4n) is 1.20. The number of hydrogen-bond donors (Lipinski definition) is 0. The Balaban J connectivity index is 4.10. The molecule has 0 atom stereocenters. The number of rotatable bonds is 5.